The average molecular weight is 316 g/mol. The Morgan fingerprint density at radius 1 is 1.40 bits per heavy atom. The summed E-state index contributed by atoms with van der Waals surface area (Å²) in [5.41, 5.74) is 2.12. The highest BCUT2D eigenvalue weighted by molar-refractivity contribution is 8.14. The molecule has 1 unspecified atom stereocenters. The van der Waals surface area contributed by atoms with E-state index in [9.17, 15) is 13.2 Å². The summed E-state index contributed by atoms with van der Waals surface area (Å²) in [5, 5.41) is -0.797. The number of carbonyl (C=O) groups excluding carboxylic acids is 1. The fourth-order valence-electron chi connectivity index (χ4n) is 2.64. The summed E-state index contributed by atoms with van der Waals surface area (Å²) in [4.78, 5) is 13.4. The maximum atomic E-state index is 11.8. The van der Waals surface area contributed by atoms with E-state index in [-0.39, 0.29) is 18.9 Å². The first-order valence-electron chi connectivity index (χ1n) is 6.39. The van der Waals surface area contributed by atoms with Crippen LogP contribution in [0.1, 0.15) is 17.5 Å². The molecule has 0 aromatic heterocycles. The molecule has 0 bridgehead atoms. The number of carbonyl (C=O) groups is 1. The van der Waals surface area contributed by atoms with E-state index in [2.05, 4.69) is 0 Å². The van der Waals surface area contributed by atoms with Crippen LogP contribution in [-0.2, 0) is 26.8 Å². The van der Waals surface area contributed by atoms with Crippen molar-refractivity contribution in [3.8, 4) is 5.75 Å². The van der Waals surface area contributed by atoms with Gasteiger partial charge in [-0.3, -0.25) is 4.79 Å². The van der Waals surface area contributed by atoms with Gasteiger partial charge in [-0.05, 0) is 17.2 Å². The summed E-state index contributed by atoms with van der Waals surface area (Å²) >= 11 is 0. The van der Waals surface area contributed by atoms with Crippen LogP contribution < -0.4 is 4.74 Å². The number of amides is 1. The number of halogens is 1. The SMILES string of the molecule is O=C1CC(S(=O)(=O)Cl)CN1Cc1ccc2c(c1)CCO2. The molecule has 108 valence electrons. The van der Waals surface area contributed by atoms with Gasteiger partial charge >= 0.3 is 0 Å². The molecule has 1 aromatic rings. The molecule has 0 saturated carbocycles. The van der Waals surface area contributed by atoms with E-state index >= 15 is 0 Å². The van der Waals surface area contributed by atoms with E-state index in [1.165, 1.54) is 0 Å². The highest BCUT2D eigenvalue weighted by Crippen LogP contribution is 2.28. The number of rotatable bonds is 3. The monoisotopic (exact) mass is 315 g/mol. The van der Waals surface area contributed by atoms with Crippen LogP contribution in [0.2, 0.25) is 0 Å². The van der Waals surface area contributed by atoms with E-state index < -0.39 is 14.3 Å². The molecule has 1 amide bonds. The summed E-state index contributed by atoms with van der Waals surface area (Å²) in [6, 6.07) is 5.81. The third-order valence-electron chi connectivity index (χ3n) is 3.70. The average Bonchev–Trinajstić information content (AvgIpc) is 2.95. The number of hydrogen-bond donors (Lipinski definition) is 0. The Morgan fingerprint density at radius 3 is 2.90 bits per heavy atom. The summed E-state index contributed by atoms with van der Waals surface area (Å²) in [6.07, 6.45) is 0.843. The predicted octanol–water partition coefficient (Wildman–Crippen LogP) is 1.29. The highest BCUT2D eigenvalue weighted by Gasteiger charge is 2.37. The van der Waals surface area contributed by atoms with Gasteiger partial charge in [-0.25, -0.2) is 8.42 Å². The van der Waals surface area contributed by atoms with E-state index in [0.29, 0.717) is 13.2 Å². The van der Waals surface area contributed by atoms with E-state index in [4.69, 9.17) is 15.4 Å². The number of nitrogens with zero attached hydrogens (tertiary/aromatic N) is 1. The molecule has 0 aliphatic carbocycles. The molecule has 2 aliphatic heterocycles. The molecule has 0 spiro atoms. The van der Waals surface area contributed by atoms with Crippen LogP contribution >= 0.6 is 10.7 Å². The zero-order chi connectivity index (χ0) is 14.3. The molecule has 1 aromatic carbocycles. The zero-order valence-electron chi connectivity index (χ0n) is 10.7. The van der Waals surface area contributed by atoms with Crippen LogP contribution in [0.3, 0.4) is 0 Å². The summed E-state index contributed by atoms with van der Waals surface area (Å²) in [6.45, 7) is 1.27. The van der Waals surface area contributed by atoms with Gasteiger partial charge in [0.1, 0.15) is 11.0 Å². The second kappa shape index (κ2) is 4.93. The van der Waals surface area contributed by atoms with Crippen molar-refractivity contribution >= 4 is 25.6 Å². The zero-order valence-corrected chi connectivity index (χ0v) is 12.3. The molecular formula is C13H14ClNO4S. The van der Waals surface area contributed by atoms with Gasteiger partial charge in [-0.15, -0.1) is 0 Å². The van der Waals surface area contributed by atoms with Crippen LogP contribution in [0, 0.1) is 0 Å². The standard InChI is InChI=1S/C13H14ClNO4S/c14-20(17,18)11-6-13(16)15(8-11)7-9-1-2-12-10(5-9)3-4-19-12/h1-2,5,11H,3-4,6-8H2. The lowest BCUT2D eigenvalue weighted by molar-refractivity contribution is -0.128. The first-order valence-corrected chi connectivity index (χ1v) is 8.76. The number of benzene rings is 1. The predicted molar refractivity (Wildman–Crippen MR) is 74.2 cm³/mol. The molecule has 1 fully saturated rings. The number of likely N-dealkylation sites (tertiary alicyclic amines) is 1. The van der Waals surface area contributed by atoms with Crippen LogP contribution in [0.15, 0.2) is 18.2 Å². The lowest BCUT2D eigenvalue weighted by Gasteiger charge is -2.16. The smallest absolute Gasteiger partial charge is 0.237 e. The topological polar surface area (TPSA) is 63.7 Å². The quantitative estimate of drug-likeness (QED) is 0.789. The van der Waals surface area contributed by atoms with Crippen molar-refractivity contribution in [3.63, 3.8) is 0 Å². The van der Waals surface area contributed by atoms with Crippen molar-refractivity contribution in [2.45, 2.75) is 24.6 Å². The molecule has 2 aliphatic rings. The van der Waals surface area contributed by atoms with Gasteiger partial charge in [0.15, 0.2) is 0 Å². The molecule has 5 nitrogen and oxygen atoms in total. The second-order valence-corrected chi connectivity index (χ2v) is 8.02. The van der Waals surface area contributed by atoms with E-state index in [1.54, 1.807) is 4.90 Å². The molecular weight excluding hydrogens is 302 g/mol. The lowest BCUT2D eigenvalue weighted by atomic mass is 10.1. The number of hydrogen-bond acceptors (Lipinski definition) is 4. The molecule has 0 radical (unpaired) electrons. The Kier molecular flexibility index (Phi) is 3.38. The molecule has 3 rings (SSSR count). The van der Waals surface area contributed by atoms with Crippen LogP contribution in [0.5, 0.6) is 5.75 Å². The van der Waals surface area contributed by atoms with Crippen molar-refractivity contribution in [1.82, 2.24) is 4.90 Å². The van der Waals surface area contributed by atoms with Gasteiger partial charge in [0, 0.05) is 36.6 Å². The van der Waals surface area contributed by atoms with E-state index in [0.717, 1.165) is 23.3 Å². The Hall–Kier alpha value is -1.27. The normalized spacial score (nSPS) is 21.9. The van der Waals surface area contributed by atoms with Crippen molar-refractivity contribution in [2.24, 2.45) is 0 Å². The molecule has 1 atom stereocenters. The summed E-state index contributed by atoms with van der Waals surface area (Å²) in [7, 11) is 1.65. The Bertz CT molecular complexity index is 658. The van der Waals surface area contributed by atoms with Gasteiger partial charge in [0.05, 0.1) is 6.61 Å². The minimum atomic E-state index is -3.68. The maximum Gasteiger partial charge on any atom is 0.237 e. The van der Waals surface area contributed by atoms with Gasteiger partial charge in [-0.2, -0.15) is 0 Å². The summed E-state index contributed by atoms with van der Waals surface area (Å²) < 4.78 is 28.0. The first kappa shape index (κ1) is 13.7. The molecule has 20 heavy (non-hydrogen) atoms. The minimum absolute atomic E-state index is 0.0279. The van der Waals surface area contributed by atoms with Gasteiger partial charge in [0.25, 0.3) is 0 Å². The van der Waals surface area contributed by atoms with Crippen molar-refractivity contribution in [3.05, 3.63) is 29.3 Å². The summed E-state index contributed by atoms with van der Waals surface area (Å²) in [5.74, 6) is 0.721. The maximum absolute atomic E-state index is 11.8. The van der Waals surface area contributed by atoms with Gasteiger partial charge in [-0.1, -0.05) is 12.1 Å². The van der Waals surface area contributed by atoms with Crippen molar-refractivity contribution in [1.29, 1.82) is 0 Å². The second-order valence-electron chi connectivity index (χ2n) is 5.12. The van der Waals surface area contributed by atoms with Crippen molar-refractivity contribution < 1.29 is 17.9 Å². The molecule has 0 N–H and O–H groups in total. The fourth-order valence-corrected chi connectivity index (χ4v) is 3.69. The van der Waals surface area contributed by atoms with Gasteiger partial charge in [0.2, 0.25) is 15.0 Å². The molecule has 1 saturated heterocycles. The van der Waals surface area contributed by atoms with Crippen LogP contribution in [0.25, 0.3) is 0 Å². The Labute approximate surface area is 121 Å². The first-order chi connectivity index (χ1) is 9.43. The fraction of sp³-hybridized carbons (Fsp3) is 0.462. The van der Waals surface area contributed by atoms with E-state index in [1.807, 2.05) is 18.2 Å². The molecule has 7 heteroatoms. The highest BCUT2D eigenvalue weighted by atomic mass is 35.7. The Balaban J connectivity index is 1.74. The third kappa shape index (κ3) is 2.62. The number of fused-ring (bicyclic) bond motifs is 1. The number of ether oxygens (including phenoxy) is 1. The van der Waals surface area contributed by atoms with Crippen molar-refractivity contribution in [2.75, 3.05) is 13.2 Å². The third-order valence-corrected chi connectivity index (χ3v) is 5.57. The largest absolute Gasteiger partial charge is 0.493 e. The Morgan fingerprint density at radius 2 is 2.20 bits per heavy atom. The van der Waals surface area contributed by atoms with Gasteiger partial charge < -0.3 is 9.64 Å². The van der Waals surface area contributed by atoms with Crippen LogP contribution in [0.4, 0.5) is 0 Å². The molecule has 2 heterocycles. The minimum Gasteiger partial charge on any atom is -0.493 e. The van der Waals surface area contributed by atoms with Crippen LogP contribution in [-0.4, -0.2) is 37.6 Å². The lowest BCUT2D eigenvalue weighted by Crippen LogP contribution is -2.26.